The standard InChI is InChI=1S/C24H33F2N5O3S/c1-16-27-11-19(12-28-16)33-14-22(32)29-18-5-3-17(4-6-18)7-9-31-10-8-21-20(13-31)30-23(35-21)34-15-24(2,25)26/h11-12,17-18H,3-10,13-15H2,1-2H3,(H,29,32). The van der Waals surface area contributed by atoms with E-state index in [1.54, 1.807) is 19.3 Å². The monoisotopic (exact) mass is 509 g/mol. The van der Waals surface area contributed by atoms with Crippen LogP contribution >= 0.6 is 11.3 Å². The molecule has 8 nitrogen and oxygen atoms in total. The van der Waals surface area contributed by atoms with Crippen LogP contribution in [0, 0.1) is 12.8 Å². The molecular formula is C24H33F2N5O3S. The first-order valence-electron chi connectivity index (χ1n) is 12.2. The Bertz CT molecular complexity index is 975. The molecule has 1 N–H and O–H groups in total. The molecule has 0 unspecified atom stereocenters. The zero-order valence-electron chi connectivity index (χ0n) is 20.3. The summed E-state index contributed by atoms with van der Waals surface area (Å²) in [6.45, 7) is 4.66. The first-order valence-corrected chi connectivity index (χ1v) is 13.0. The lowest BCUT2D eigenvalue weighted by Crippen LogP contribution is -2.40. The van der Waals surface area contributed by atoms with Gasteiger partial charge >= 0.3 is 0 Å². The first kappa shape index (κ1) is 25.7. The molecule has 0 spiro atoms. The Morgan fingerprint density at radius 2 is 1.97 bits per heavy atom. The molecule has 1 fully saturated rings. The second-order valence-corrected chi connectivity index (χ2v) is 10.6. The highest BCUT2D eigenvalue weighted by Crippen LogP contribution is 2.32. The zero-order valence-corrected chi connectivity index (χ0v) is 21.1. The molecule has 1 saturated carbocycles. The number of carbonyl (C=O) groups excluding carboxylic acids is 1. The predicted octanol–water partition coefficient (Wildman–Crippen LogP) is 3.78. The van der Waals surface area contributed by atoms with Crippen molar-refractivity contribution in [3.8, 4) is 10.9 Å². The van der Waals surface area contributed by atoms with Crippen molar-refractivity contribution >= 4 is 17.2 Å². The van der Waals surface area contributed by atoms with E-state index in [0.717, 1.165) is 75.7 Å². The summed E-state index contributed by atoms with van der Waals surface area (Å²) in [6.07, 6.45) is 9.27. The Hall–Kier alpha value is -2.40. The zero-order chi connectivity index (χ0) is 24.8. The van der Waals surface area contributed by atoms with E-state index in [4.69, 9.17) is 9.47 Å². The number of thiazole rings is 1. The van der Waals surface area contributed by atoms with Crippen LogP contribution in [0.1, 0.15) is 55.4 Å². The fraction of sp³-hybridized carbons (Fsp3) is 0.667. The maximum Gasteiger partial charge on any atom is 0.278 e. The second-order valence-electron chi connectivity index (χ2n) is 9.56. The fourth-order valence-corrected chi connectivity index (χ4v) is 5.41. The van der Waals surface area contributed by atoms with E-state index in [-0.39, 0.29) is 18.6 Å². The maximum atomic E-state index is 13.0. The van der Waals surface area contributed by atoms with E-state index in [0.29, 0.717) is 22.7 Å². The average Bonchev–Trinajstić information content (AvgIpc) is 3.24. The molecule has 11 heteroatoms. The third-order valence-corrected chi connectivity index (χ3v) is 7.50. The maximum absolute atomic E-state index is 13.0. The van der Waals surface area contributed by atoms with E-state index < -0.39 is 12.5 Å². The van der Waals surface area contributed by atoms with Gasteiger partial charge in [0.05, 0.1) is 18.1 Å². The SMILES string of the molecule is Cc1ncc(OCC(=O)NC2CCC(CCN3CCc4sc(OCC(C)(F)F)nc4C3)CC2)cn1. The molecule has 1 aliphatic heterocycles. The van der Waals surface area contributed by atoms with Gasteiger partial charge in [0, 0.05) is 30.9 Å². The number of alkyl halides is 2. The predicted molar refractivity (Wildman–Crippen MR) is 128 cm³/mol. The average molecular weight is 510 g/mol. The minimum Gasteiger partial charge on any atom is -0.481 e. The van der Waals surface area contributed by atoms with E-state index in [9.17, 15) is 13.6 Å². The summed E-state index contributed by atoms with van der Waals surface area (Å²) in [5, 5.41) is 3.42. The Morgan fingerprint density at radius 1 is 1.23 bits per heavy atom. The molecule has 0 radical (unpaired) electrons. The van der Waals surface area contributed by atoms with Crippen molar-refractivity contribution in [1.82, 2.24) is 25.2 Å². The van der Waals surface area contributed by atoms with Gasteiger partial charge in [-0.3, -0.25) is 9.69 Å². The van der Waals surface area contributed by atoms with Gasteiger partial charge in [-0.15, -0.1) is 0 Å². The molecular weight excluding hydrogens is 476 g/mol. The first-order chi connectivity index (χ1) is 16.7. The van der Waals surface area contributed by atoms with Crippen molar-refractivity contribution in [3.63, 3.8) is 0 Å². The molecule has 3 heterocycles. The van der Waals surface area contributed by atoms with Gasteiger partial charge in [0.2, 0.25) is 0 Å². The molecule has 2 aromatic heterocycles. The van der Waals surface area contributed by atoms with Crippen LogP contribution in [-0.4, -0.2) is 64.0 Å². The number of carbonyl (C=O) groups is 1. The number of aromatic nitrogens is 3. The Morgan fingerprint density at radius 3 is 2.69 bits per heavy atom. The summed E-state index contributed by atoms with van der Waals surface area (Å²) in [4.78, 5) is 28.3. The summed E-state index contributed by atoms with van der Waals surface area (Å²) in [7, 11) is 0. The smallest absolute Gasteiger partial charge is 0.278 e. The molecule has 35 heavy (non-hydrogen) atoms. The fourth-order valence-electron chi connectivity index (χ4n) is 4.50. The van der Waals surface area contributed by atoms with Gasteiger partial charge in [0.15, 0.2) is 19.0 Å². The van der Waals surface area contributed by atoms with Gasteiger partial charge in [0.1, 0.15) is 5.82 Å². The number of ether oxygens (including phenoxy) is 2. The van der Waals surface area contributed by atoms with Crippen LogP contribution in [0.3, 0.4) is 0 Å². The number of fused-ring (bicyclic) bond motifs is 1. The van der Waals surface area contributed by atoms with Gasteiger partial charge in [-0.2, -0.15) is 0 Å². The van der Waals surface area contributed by atoms with Gasteiger partial charge < -0.3 is 14.8 Å². The highest BCUT2D eigenvalue weighted by Gasteiger charge is 2.27. The van der Waals surface area contributed by atoms with Crippen molar-refractivity contribution in [3.05, 3.63) is 28.8 Å². The number of hydrogen-bond donors (Lipinski definition) is 1. The number of rotatable bonds is 10. The Balaban J connectivity index is 1.12. The molecule has 1 amide bonds. The molecule has 0 saturated heterocycles. The lowest BCUT2D eigenvalue weighted by atomic mass is 9.84. The van der Waals surface area contributed by atoms with Gasteiger partial charge in [-0.1, -0.05) is 11.3 Å². The minimum atomic E-state index is -2.86. The molecule has 192 valence electrons. The third-order valence-electron chi connectivity index (χ3n) is 6.43. The van der Waals surface area contributed by atoms with Crippen LogP contribution in [0.5, 0.6) is 10.9 Å². The molecule has 0 bridgehead atoms. The van der Waals surface area contributed by atoms with Crippen LogP contribution in [0.2, 0.25) is 0 Å². The van der Waals surface area contributed by atoms with Crippen molar-refractivity contribution < 1.29 is 23.0 Å². The summed E-state index contributed by atoms with van der Waals surface area (Å²) in [5.74, 6) is -1.18. The lowest BCUT2D eigenvalue weighted by molar-refractivity contribution is -0.124. The number of aryl methyl sites for hydroxylation is 1. The van der Waals surface area contributed by atoms with Crippen LogP contribution in [0.15, 0.2) is 12.4 Å². The number of hydrogen-bond acceptors (Lipinski definition) is 8. The van der Waals surface area contributed by atoms with E-state index >= 15 is 0 Å². The van der Waals surface area contributed by atoms with E-state index in [1.165, 1.54) is 11.3 Å². The number of halogens is 2. The Kier molecular flexibility index (Phi) is 8.48. The van der Waals surface area contributed by atoms with Crippen LogP contribution in [-0.2, 0) is 17.8 Å². The summed E-state index contributed by atoms with van der Waals surface area (Å²) < 4.78 is 36.7. The highest BCUT2D eigenvalue weighted by molar-refractivity contribution is 7.13. The summed E-state index contributed by atoms with van der Waals surface area (Å²) in [5.41, 5.74) is 0.960. The summed E-state index contributed by atoms with van der Waals surface area (Å²) >= 11 is 1.39. The van der Waals surface area contributed by atoms with Crippen molar-refractivity contribution in [1.29, 1.82) is 0 Å². The van der Waals surface area contributed by atoms with Crippen molar-refractivity contribution in [2.24, 2.45) is 5.92 Å². The van der Waals surface area contributed by atoms with Crippen molar-refractivity contribution in [2.75, 3.05) is 26.3 Å². The van der Waals surface area contributed by atoms with Crippen LogP contribution in [0.25, 0.3) is 0 Å². The quantitative estimate of drug-likeness (QED) is 0.521. The molecule has 4 rings (SSSR count). The normalized spacial score (nSPS) is 20.8. The number of nitrogens with zero attached hydrogens (tertiary/aromatic N) is 4. The molecule has 1 aliphatic carbocycles. The van der Waals surface area contributed by atoms with Gasteiger partial charge in [-0.25, -0.2) is 23.7 Å². The topological polar surface area (TPSA) is 89.5 Å². The minimum absolute atomic E-state index is 0.0342. The van der Waals surface area contributed by atoms with E-state index in [1.807, 2.05) is 0 Å². The molecule has 0 atom stereocenters. The molecule has 2 aliphatic rings. The second kappa shape index (κ2) is 11.6. The lowest BCUT2D eigenvalue weighted by Gasteiger charge is -2.32. The van der Waals surface area contributed by atoms with E-state index in [2.05, 4.69) is 25.2 Å². The number of nitrogens with one attached hydrogen (secondary N) is 1. The van der Waals surface area contributed by atoms with Crippen LogP contribution in [0.4, 0.5) is 8.78 Å². The number of amides is 1. The largest absolute Gasteiger partial charge is 0.481 e. The highest BCUT2D eigenvalue weighted by atomic mass is 32.1. The third kappa shape index (κ3) is 8.06. The van der Waals surface area contributed by atoms with Gasteiger partial charge in [-0.05, 0) is 57.9 Å². The van der Waals surface area contributed by atoms with Crippen LogP contribution < -0.4 is 14.8 Å². The molecule has 2 aromatic rings. The summed E-state index contributed by atoms with van der Waals surface area (Å²) in [6, 6.07) is 0.193. The Labute approximate surface area is 208 Å². The van der Waals surface area contributed by atoms with Crippen molar-refractivity contribution in [2.45, 2.75) is 70.9 Å². The molecule has 0 aromatic carbocycles. The van der Waals surface area contributed by atoms with Gasteiger partial charge in [0.25, 0.3) is 17.0 Å².